The van der Waals surface area contributed by atoms with E-state index in [1.54, 1.807) is 6.92 Å². The lowest BCUT2D eigenvalue weighted by Gasteiger charge is -2.11. The van der Waals surface area contributed by atoms with E-state index in [0.29, 0.717) is 11.3 Å². The number of ether oxygens (including phenoxy) is 1. The van der Waals surface area contributed by atoms with Crippen LogP contribution in [0.25, 0.3) is 11.1 Å². The van der Waals surface area contributed by atoms with E-state index in [1.165, 1.54) is 0 Å². The molecule has 0 atom stereocenters. The molecule has 2 aromatic rings. The predicted octanol–water partition coefficient (Wildman–Crippen LogP) is 3.64. The summed E-state index contributed by atoms with van der Waals surface area (Å²) >= 11 is 0. The average molecular weight is 282 g/mol. The Bertz CT molecular complexity index is 669. The Morgan fingerprint density at radius 3 is 2.43 bits per heavy atom. The normalized spacial score (nSPS) is 10.2. The van der Waals surface area contributed by atoms with E-state index >= 15 is 0 Å². The van der Waals surface area contributed by atoms with Crippen LogP contribution < -0.4 is 4.74 Å². The molecule has 0 radical (unpaired) electrons. The third kappa shape index (κ3) is 3.58. The zero-order valence-corrected chi connectivity index (χ0v) is 12.2. The van der Waals surface area contributed by atoms with Gasteiger partial charge >= 0.3 is 5.97 Å². The van der Waals surface area contributed by atoms with Gasteiger partial charge in [0.1, 0.15) is 5.75 Å². The molecule has 3 nitrogen and oxygen atoms in total. The van der Waals surface area contributed by atoms with Gasteiger partial charge in [-0.15, -0.1) is 0 Å². The van der Waals surface area contributed by atoms with Crippen LogP contribution in [0, 0.1) is 6.92 Å². The minimum absolute atomic E-state index is 0.00563. The molecule has 108 valence electrons. The van der Waals surface area contributed by atoms with Gasteiger partial charge in [0, 0.05) is 11.1 Å². The SMILES string of the molecule is C=C(C)C(=O)Oc1cc(C)ccc1-c1ccc(CO)cc1. The maximum absolute atomic E-state index is 11.8. The van der Waals surface area contributed by atoms with Gasteiger partial charge in [0.2, 0.25) is 0 Å². The first-order valence-electron chi connectivity index (χ1n) is 6.70. The number of hydrogen-bond acceptors (Lipinski definition) is 3. The number of aliphatic hydroxyl groups is 1. The molecule has 0 aromatic heterocycles. The summed E-state index contributed by atoms with van der Waals surface area (Å²) in [5, 5.41) is 9.09. The van der Waals surface area contributed by atoms with Crippen molar-refractivity contribution in [2.75, 3.05) is 0 Å². The van der Waals surface area contributed by atoms with Crippen molar-refractivity contribution in [3.8, 4) is 16.9 Å². The summed E-state index contributed by atoms with van der Waals surface area (Å²) < 4.78 is 5.41. The van der Waals surface area contributed by atoms with E-state index in [0.717, 1.165) is 22.3 Å². The molecule has 0 aliphatic rings. The summed E-state index contributed by atoms with van der Waals surface area (Å²) in [7, 11) is 0. The van der Waals surface area contributed by atoms with E-state index in [1.807, 2.05) is 49.4 Å². The molecule has 2 rings (SSSR count). The lowest BCUT2D eigenvalue weighted by Crippen LogP contribution is -2.09. The molecule has 3 heteroatoms. The molecule has 1 N–H and O–H groups in total. The van der Waals surface area contributed by atoms with Crippen LogP contribution in [0.4, 0.5) is 0 Å². The highest BCUT2D eigenvalue weighted by Crippen LogP contribution is 2.31. The summed E-state index contributed by atoms with van der Waals surface area (Å²) in [6, 6.07) is 13.2. The maximum Gasteiger partial charge on any atom is 0.338 e. The van der Waals surface area contributed by atoms with Crippen LogP contribution in [-0.4, -0.2) is 11.1 Å². The second kappa shape index (κ2) is 6.37. The first-order valence-corrected chi connectivity index (χ1v) is 6.70. The molecule has 0 fully saturated rings. The Hall–Kier alpha value is -2.39. The van der Waals surface area contributed by atoms with Crippen molar-refractivity contribution in [3.63, 3.8) is 0 Å². The summed E-state index contributed by atoms with van der Waals surface area (Å²) in [5.41, 5.74) is 3.97. The van der Waals surface area contributed by atoms with E-state index in [9.17, 15) is 4.79 Å². The van der Waals surface area contributed by atoms with Gasteiger partial charge in [-0.2, -0.15) is 0 Å². The van der Waals surface area contributed by atoms with Crippen LogP contribution in [-0.2, 0) is 11.4 Å². The number of benzene rings is 2. The Kier molecular flexibility index (Phi) is 4.55. The number of rotatable bonds is 4. The van der Waals surface area contributed by atoms with Crippen molar-refractivity contribution < 1.29 is 14.6 Å². The Morgan fingerprint density at radius 1 is 1.19 bits per heavy atom. The second-order valence-electron chi connectivity index (χ2n) is 5.02. The van der Waals surface area contributed by atoms with Gasteiger partial charge in [-0.1, -0.05) is 43.0 Å². The zero-order valence-electron chi connectivity index (χ0n) is 12.2. The monoisotopic (exact) mass is 282 g/mol. The van der Waals surface area contributed by atoms with Crippen LogP contribution in [0.2, 0.25) is 0 Å². The molecule has 0 heterocycles. The van der Waals surface area contributed by atoms with Crippen LogP contribution in [0.15, 0.2) is 54.6 Å². The van der Waals surface area contributed by atoms with Crippen molar-refractivity contribution in [1.82, 2.24) is 0 Å². The van der Waals surface area contributed by atoms with Crippen LogP contribution in [0.1, 0.15) is 18.1 Å². The molecule has 0 bridgehead atoms. The fraction of sp³-hybridized carbons (Fsp3) is 0.167. The molecule has 0 saturated carbocycles. The minimum atomic E-state index is -0.436. The average Bonchev–Trinajstić information content (AvgIpc) is 2.47. The molecule has 0 spiro atoms. The molecule has 0 saturated heterocycles. The van der Waals surface area contributed by atoms with Crippen molar-refractivity contribution in [1.29, 1.82) is 0 Å². The lowest BCUT2D eigenvalue weighted by atomic mass is 10.0. The smallest absolute Gasteiger partial charge is 0.338 e. The van der Waals surface area contributed by atoms with E-state index in [2.05, 4.69) is 6.58 Å². The third-order valence-electron chi connectivity index (χ3n) is 3.14. The van der Waals surface area contributed by atoms with Crippen molar-refractivity contribution in [2.45, 2.75) is 20.5 Å². The van der Waals surface area contributed by atoms with E-state index in [-0.39, 0.29) is 6.61 Å². The highest BCUT2D eigenvalue weighted by atomic mass is 16.5. The van der Waals surface area contributed by atoms with E-state index in [4.69, 9.17) is 9.84 Å². The van der Waals surface area contributed by atoms with Crippen LogP contribution in [0.3, 0.4) is 0 Å². The Morgan fingerprint density at radius 2 is 1.86 bits per heavy atom. The van der Waals surface area contributed by atoms with Gasteiger partial charge in [0.05, 0.1) is 6.61 Å². The molecule has 0 aliphatic carbocycles. The van der Waals surface area contributed by atoms with Gasteiger partial charge in [0.15, 0.2) is 0 Å². The summed E-state index contributed by atoms with van der Waals surface area (Å²) in [6.45, 7) is 7.16. The number of hydrogen-bond donors (Lipinski definition) is 1. The highest BCUT2D eigenvalue weighted by Gasteiger charge is 2.12. The fourth-order valence-corrected chi connectivity index (χ4v) is 1.93. The number of carbonyl (C=O) groups excluding carboxylic acids is 1. The summed E-state index contributed by atoms with van der Waals surface area (Å²) in [4.78, 5) is 11.8. The van der Waals surface area contributed by atoms with E-state index < -0.39 is 5.97 Å². The number of aliphatic hydroxyl groups excluding tert-OH is 1. The van der Waals surface area contributed by atoms with Gasteiger partial charge < -0.3 is 9.84 Å². The van der Waals surface area contributed by atoms with Crippen molar-refractivity contribution in [3.05, 3.63) is 65.7 Å². The number of esters is 1. The lowest BCUT2D eigenvalue weighted by molar-refractivity contribution is -0.130. The molecule has 21 heavy (non-hydrogen) atoms. The number of aryl methyl sites for hydroxylation is 1. The quantitative estimate of drug-likeness (QED) is 0.529. The first kappa shape index (κ1) is 15.0. The van der Waals surface area contributed by atoms with Gasteiger partial charge in [-0.05, 0) is 36.6 Å². The topological polar surface area (TPSA) is 46.5 Å². The molecule has 2 aromatic carbocycles. The first-order chi connectivity index (χ1) is 10.0. The predicted molar refractivity (Wildman–Crippen MR) is 83.0 cm³/mol. The van der Waals surface area contributed by atoms with Gasteiger partial charge in [-0.3, -0.25) is 0 Å². The van der Waals surface area contributed by atoms with Crippen molar-refractivity contribution >= 4 is 5.97 Å². The zero-order chi connectivity index (χ0) is 15.4. The largest absolute Gasteiger partial charge is 0.423 e. The minimum Gasteiger partial charge on any atom is -0.423 e. The summed E-state index contributed by atoms with van der Waals surface area (Å²) in [5.74, 6) is 0.0774. The molecular weight excluding hydrogens is 264 g/mol. The molecule has 0 amide bonds. The van der Waals surface area contributed by atoms with Gasteiger partial charge in [-0.25, -0.2) is 4.79 Å². The van der Waals surface area contributed by atoms with Crippen LogP contribution >= 0.6 is 0 Å². The second-order valence-corrected chi connectivity index (χ2v) is 5.02. The third-order valence-corrected chi connectivity index (χ3v) is 3.14. The van der Waals surface area contributed by atoms with Crippen LogP contribution in [0.5, 0.6) is 5.75 Å². The Labute approximate surface area is 124 Å². The maximum atomic E-state index is 11.8. The van der Waals surface area contributed by atoms with Crippen molar-refractivity contribution in [2.24, 2.45) is 0 Å². The molecular formula is C18H18O3. The fourth-order valence-electron chi connectivity index (χ4n) is 1.93. The molecule has 0 aliphatic heterocycles. The summed E-state index contributed by atoms with van der Waals surface area (Å²) in [6.07, 6.45) is 0. The highest BCUT2D eigenvalue weighted by molar-refractivity contribution is 5.90. The van der Waals surface area contributed by atoms with Gasteiger partial charge in [0.25, 0.3) is 0 Å². The standard InChI is InChI=1S/C18H18O3/c1-12(2)18(20)21-17-10-13(3)4-9-16(17)15-7-5-14(11-19)6-8-15/h4-10,19H,1,11H2,2-3H3. The molecule has 0 unspecified atom stereocenters. The number of carbonyl (C=O) groups is 1. The Balaban J connectivity index is 2.42.